The Labute approximate surface area is 366 Å². The van der Waals surface area contributed by atoms with E-state index in [4.69, 9.17) is 14.3 Å². The lowest BCUT2D eigenvalue weighted by atomic mass is 9.86. The number of aromatic nitrogens is 6. The van der Waals surface area contributed by atoms with Crippen molar-refractivity contribution in [3.8, 4) is 11.5 Å². The second kappa shape index (κ2) is 19.0. The Balaban J connectivity index is 0.751. The van der Waals surface area contributed by atoms with Gasteiger partial charge in [0.25, 0.3) is 5.91 Å². The molecule has 3 aliphatic rings. The van der Waals surface area contributed by atoms with Crippen LogP contribution in [0, 0.1) is 11.8 Å². The number of imide groups is 1. The topological polar surface area (TPSA) is 204 Å². The average molecular weight is 865 g/mol. The Morgan fingerprint density at radius 1 is 1.02 bits per heavy atom. The second-order valence-corrected chi connectivity index (χ2v) is 18.2. The van der Waals surface area contributed by atoms with Crippen LogP contribution in [0.3, 0.4) is 0 Å². The number of nitrogens with zero attached hydrogens (tertiary/aromatic N) is 7. The van der Waals surface area contributed by atoms with Gasteiger partial charge in [0.15, 0.2) is 5.69 Å². The predicted molar refractivity (Wildman–Crippen MR) is 237 cm³/mol. The third-order valence-electron chi connectivity index (χ3n) is 12.6. The maximum absolute atomic E-state index is 13.4. The fraction of sp³-hybridized carbons (Fsp3) is 0.543. The van der Waals surface area contributed by atoms with E-state index in [1.54, 1.807) is 37.7 Å². The lowest BCUT2D eigenvalue weighted by Crippen LogP contribution is -2.44. The van der Waals surface area contributed by atoms with Gasteiger partial charge in [-0.1, -0.05) is 6.07 Å². The Morgan fingerprint density at radius 3 is 2.56 bits per heavy atom. The molecule has 17 nitrogen and oxygen atoms in total. The highest BCUT2D eigenvalue weighted by molar-refractivity contribution is 6.03. The molecule has 336 valence electrons. The Hall–Kier alpha value is -5.65. The molecule has 2 aliphatic carbocycles. The van der Waals surface area contributed by atoms with Crippen LogP contribution in [0.15, 0.2) is 58.2 Å². The van der Waals surface area contributed by atoms with Gasteiger partial charge in [-0.2, -0.15) is 5.10 Å². The van der Waals surface area contributed by atoms with E-state index in [1.165, 1.54) is 23.7 Å². The van der Waals surface area contributed by atoms with Crippen LogP contribution in [0.1, 0.15) is 112 Å². The monoisotopic (exact) mass is 864 g/mol. The van der Waals surface area contributed by atoms with E-state index in [0.29, 0.717) is 54.3 Å². The van der Waals surface area contributed by atoms with Crippen LogP contribution >= 0.6 is 0 Å². The van der Waals surface area contributed by atoms with Crippen LogP contribution in [-0.2, 0) is 33.4 Å². The predicted octanol–water partition coefficient (Wildman–Crippen LogP) is 5.57. The zero-order chi connectivity index (χ0) is 44.3. The zero-order valence-electron chi connectivity index (χ0n) is 36.8. The van der Waals surface area contributed by atoms with E-state index in [2.05, 4.69) is 37.9 Å². The zero-order valence-corrected chi connectivity index (χ0v) is 36.8. The van der Waals surface area contributed by atoms with Crippen LogP contribution < -0.4 is 21.6 Å². The number of amides is 3. The van der Waals surface area contributed by atoms with Crippen LogP contribution in [0.2, 0.25) is 0 Å². The molecular formula is C46H60N10O7. The summed E-state index contributed by atoms with van der Waals surface area (Å²) in [6.07, 6.45) is 14.5. The van der Waals surface area contributed by atoms with E-state index < -0.39 is 23.5 Å². The standard InChI is InChI=1S/C46H60N10O7/c1-46(2,61)41-34(49-42(58)35-28-63-44(50-35)32-18-19-47-39(24-32)48-25-30-8-9-30)27-55(52-41)33-13-10-31(11-14-33)26-53(3)20-6-22-62-21-5-7-29-12-15-36-38(23-29)54(4)45(60)56(36)37-16-17-40(57)51-43(37)59/h12,15,18-19,23-24,27-28,30-31,33,37,61H,5-11,13-14,16-17,20-22,25-26H2,1-4H3,(H,47,48)(H,49,58)(H,51,57,59). The van der Waals surface area contributed by atoms with Crippen LogP contribution in [0.25, 0.3) is 22.5 Å². The van der Waals surface area contributed by atoms with Crippen molar-refractivity contribution in [1.82, 2.24) is 39.1 Å². The number of rotatable bonds is 19. The summed E-state index contributed by atoms with van der Waals surface area (Å²) in [4.78, 5) is 61.9. The van der Waals surface area contributed by atoms with Crippen molar-refractivity contribution in [2.45, 2.75) is 102 Å². The number of aryl methyl sites for hydroxylation is 2. The SMILES string of the molecule is CN(CCCOCCCc1ccc2c(c1)n(C)c(=O)n2C1CCC(=O)NC1=O)CC1CCC(n2cc(NC(=O)c3coc(-c4ccnc(NCC5CC5)c4)n3)c(C(C)(C)O)n2)CC1. The number of piperidine rings is 1. The highest BCUT2D eigenvalue weighted by atomic mass is 16.5. The van der Waals surface area contributed by atoms with Gasteiger partial charge in [0.05, 0.1) is 22.8 Å². The lowest BCUT2D eigenvalue weighted by Gasteiger charge is -2.31. The van der Waals surface area contributed by atoms with Gasteiger partial charge in [-0.25, -0.2) is 14.8 Å². The lowest BCUT2D eigenvalue weighted by molar-refractivity contribution is -0.135. The molecule has 1 aliphatic heterocycles. The largest absolute Gasteiger partial charge is 0.444 e. The van der Waals surface area contributed by atoms with Crippen LogP contribution in [-0.4, -0.2) is 96.5 Å². The van der Waals surface area contributed by atoms with Crippen molar-refractivity contribution in [1.29, 1.82) is 0 Å². The maximum Gasteiger partial charge on any atom is 0.329 e. The molecule has 3 amide bonds. The number of hydrogen-bond donors (Lipinski definition) is 4. The summed E-state index contributed by atoms with van der Waals surface area (Å²) in [5.41, 5.74) is 2.71. The number of carbonyl (C=O) groups excluding carboxylic acids is 3. The fourth-order valence-corrected chi connectivity index (χ4v) is 8.89. The quantitative estimate of drug-likeness (QED) is 0.0595. The van der Waals surface area contributed by atoms with Crippen molar-refractivity contribution >= 4 is 40.3 Å². The Morgan fingerprint density at radius 2 is 1.79 bits per heavy atom. The van der Waals surface area contributed by atoms with E-state index >= 15 is 0 Å². The molecule has 63 heavy (non-hydrogen) atoms. The summed E-state index contributed by atoms with van der Waals surface area (Å²) in [5.74, 6) is 1.16. The summed E-state index contributed by atoms with van der Waals surface area (Å²) >= 11 is 0. The number of imidazole rings is 1. The van der Waals surface area contributed by atoms with Crippen molar-refractivity contribution < 1.29 is 28.6 Å². The summed E-state index contributed by atoms with van der Waals surface area (Å²) in [6.45, 7) is 7.50. The number of oxazole rings is 1. The number of ether oxygens (including phenoxy) is 1. The van der Waals surface area contributed by atoms with Crippen molar-refractivity contribution in [2.75, 3.05) is 50.5 Å². The molecule has 2 saturated carbocycles. The molecule has 0 bridgehead atoms. The summed E-state index contributed by atoms with van der Waals surface area (Å²) < 4.78 is 16.7. The molecule has 4 N–H and O–H groups in total. The molecular weight excluding hydrogens is 805 g/mol. The highest BCUT2D eigenvalue weighted by Gasteiger charge is 2.32. The molecule has 1 aromatic carbocycles. The minimum Gasteiger partial charge on any atom is -0.444 e. The van der Waals surface area contributed by atoms with Gasteiger partial charge in [0, 0.05) is 64.3 Å². The molecule has 17 heteroatoms. The van der Waals surface area contributed by atoms with Crippen LogP contribution in [0.4, 0.5) is 11.5 Å². The first-order chi connectivity index (χ1) is 30.3. The molecule has 1 atom stereocenters. The van der Waals surface area contributed by atoms with Gasteiger partial charge in [0.1, 0.15) is 29.4 Å². The molecule has 0 radical (unpaired) electrons. The van der Waals surface area contributed by atoms with Gasteiger partial charge in [-0.3, -0.25) is 33.5 Å². The number of hydrogen-bond acceptors (Lipinski definition) is 12. The Kier molecular flexibility index (Phi) is 13.3. The van der Waals surface area contributed by atoms with E-state index in [9.17, 15) is 24.3 Å². The van der Waals surface area contributed by atoms with Crippen molar-refractivity contribution in [3.63, 3.8) is 0 Å². The van der Waals surface area contributed by atoms with Gasteiger partial charge in [-0.05, 0) is 127 Å². The van der Waals surface area contributed by atoms with Crippen molar-refractivity contribution in [3.05, 3.63) is 76.4 Å². The number of pyridine rings is 1. The van der Waals surface area contributed by atoms with Gasteiger partial charge < -0.3 is 29.8 Å². The number of benzene rings is 1. The highest BCUT2D eigenvalue weighted by Crippen LogP contribution is 2.36. The molecule has 3 fully saturated rings. The average Bonchev–Trinajstić information content (AvgIpc) is 3.66. The fourth-order valence-electron chi connectivity index (χ4n) is 8.89. The first kappa shape index (κ1) is 44.0. The molecule has 4 aromatic heterocycles. The number of nitrogens with one attached hydrogen (secondary N) is 3. The van der Waals surface area contributed by atoms with Gasteiger partial charge in [0.2, 0.25) is 17.7 Å². The van der Waals surface area contributed by atoms with Gasteiger partial charge in [-0.15, -0.1) is 0 Å². The summed E-state index contributed by atoms with van der Waals surface area (Å²) in [6, 6.07) is 9.03. The first-order valence-corrected chi connectivity index (χ1v) is 22.4. The molecule has 0 spiro atoms. The smallest absolute Gasteiger partial charge is 0.329 e. The Bertz CT molecular complexity index is 2480. The van der Waals surface area contributed by atoms with Crippen molar-refractivity contribution in [2.24, 2.45) is 18.9 Å². The minimum atomic E-state index is -1.28. The molecule has 5 heterocycles. The van der Waals surface area contributed by atoms with E-state index in [-0.39, 0.29) is 29.8 Å². The maximum atomic E-state index is 13.4. The van der Waals surface area contributed by atoms with E-state index in [1.807, 2.05) is 35.1 Å². The number of carbonyl (C=O) groups is 3. The molecule has 1 saturated heterocycles. The number of fused-ring (bicyclic) bond motifs is 1. The van der Waals surface area contributed by atoms with Gasteiger partial charge >= 0.3 is 5.69 Å². The summed E-state index contributed by atoms with van der Waals surface area (Å²) in [5, 5.41) is 24.5. The normalized spacial score (nSPS) is 19.5. The minimum absolute atomic E-state index is 0.128. The molecule has 5 aromatic rings. The number of anilines is 2. The third kappa shape index (κ3) is 10.6. The summed E-state index contributed by atoms with van der Waals surface area (Å²) in [7, 11) is 3.88. The molecule has 8 rings (SSSR count). The first-order valence-electron chi connectivity index (χ1n) is 22.4. The van der Waals surface area contributed by atoms with Crippen LogP contribution in [0.5, 0.6) is 0 Å². The van der Waals surface area contributed by atoms with E-state index in [0.717, 1.165) is 87.0 Å². The third-order valence-corrected chi connectivity index (χ3v) is 12.6. The molecule has 1 unspecified atom stereocenters. The number of aliphatic hydroxyl groups is 1. The second-order valence-electron chi connectivity index (χ2n) is 18.2.